The monoisotopic (exact) mass is 274 g/mol. The highest BCUT2D eigenvalue weighted by Gasteiger charge is 2.18. The molecule has 1 N–H and O–H groups in total. The van der Waals surface area contributed by atoms with Crippen molar-refractivity contribution in [2.45, 2.75) is 25.5 Å². The smallest absolute Gasteiger partial charge is 0.0670 e. The first kappa shape index (κ1) is 15.2. The Morgan fingerprint density at radius 1 is 1.10 bits per heavy atom. The van der Waals surface area contributed by atoms with E-state index < -0.39 is 0 Å². The minimum atomic E-state index is -0.214. The van der Waals surface area contributed by atoms with Gasteiger partial charge in [0.2, 0.25) is 0 Å². The third kappa shape index (κ3) is 5.08. The molecule has 1 aromatic carbocycles. The Hall–Kier alpha value is -1.16. The first-order valence-electron chi connectivity index (χ1n) is 7.55. The molecule has 1 atom stereocenters. The molecular weight excluding hydrogens is 248 g/mol. The molecule has 110 valence electrons. The molecule has 1 fully saturated rings. The molecule has 0 spiro atoms. The van der Waals surface area contributed by atoms with Gasteiger partial charge in [0.15, 0.2) is 0 Å². The van der Waals surface area contributed by atoms with Crippen LogP contribution in [0.1, 0.15) is 18.4 Å². The summed E-state index contributed by atoms with van der Waals surface area (Å²) < 4.78 is 0. The molecule has 1 heterocycles. The fraction of sp³-hybridized carbons (Fsp3) is 0.529. The van der Waals surface area contributed by atoms with Crippen molar-refractivity contribution in [2.24, 2.45) is 0 Å². The predicted octanol–water partition coefficient (Wildman–Crippen LogP) is 2.13. The zero-order valence-electron chi connectivity index (χ0n) is 12.2. The summed E-state index contributed by atoms with van der Waals surface area (Å²) in [5.74, 6) is 0. The lowest BCUT2D eigenvalue weighted by Gasteiger charge is -2.35. The highest BCUT2D eigenvalue weighted by molar-refractivity contribution is 5.14. The van der Waals surface area contributed by atoms with Crippen LogP contribution >= 0.6 is 0 Å². The van der Waals surface area contributed by atoms with Crippen molar-refractivity contribution in [3.05, 3.63) is 48.6 Å². The summed E-state index contributed by atoms with van der Waals surface area (Å²) in [5, 5.41) is 9.93. The molecule has 2 rings (SSSR count). The van der Waals surface area contributed by atoms with Crippen molar-refractivity contribution in [3.63, 3.8) is 0 Å². The number of benzene rings is 1. The van der Waals surface area contributed by atoms with Gasteiger partial charge in [-0.25, -0.2) is 0 Å². The Morgan fingerprint density at radius 2 is 1.75 bits per heavy atom. The van der Waals surface area contributed by atoms with Crippen molar-refractivity contribution < 1.29 is 5.11 Å². The van der Waals surface area contributed by atoms with E-state index in [-0.39, 0.29) is 6.10 Å². The van der Waals surface area contributed by atoms with Crippen LogP contribution in [-0.2, 0) is 6.54 Å². The van der Waals surface area contributed by atoms with Crippen molar-refractivity contribution in [3.8, 4) is 0 Å². The number of rotatable bonds is 7. The van der Waals surface area contributed by atoms with Crippen LogP contribution in [0.4, 0.5) is 0 Å². The van der Waals surface area contributed by atoms with E-state index in [0.717, 1.165) is 52.1 Å². The molecule has 3 heteroatoms. The summed E-state index contributed by atoms with van der Waals surface area (Å²) in [6.45, 7) is 9.81. The van der Waals surface area contributed by atoms with Crippen LogP contribution in [0.2, 0.25) is 0 Å². The van der Waals surface area contributed by atoms with Gasteiger partial charge >= 0.3 is 0 Å². The van der Waals surface area contributed by atoms with Gasteiger partial charge in [-0.2, -0.15) is 0 Å². The fourth-order valence-corrected chi connectivity index (χ4v) is 2.67. The number of aliphatic hydroxyl groups excluding tert-OH is 1. The van der Waals surface area contributed by atoms with Gasteiger partial charge in [-0.3, -0.25) is 9.80 Å². The second-order valence-electron chi connectivity index (χ2n) is 5.58. The summed E-state index contributed by atoms with van der Waals surface area (Å²) in [6, 6.07) is 10.6. The van der Waals surface area contributed by atoms with E-state index >= 15 is 0 Å². The maximum atomic E-state index is 9.93. The Bertz CT molecular complexity index is 385. The van der Waals surface area contributed by atoms with Crippen molar-refractivity contribution in [2.75, 3.05) is 32.7 Å². The van der Waals surface area contributed by atoms with Crippen molar-refractivity contribution in [1.82, 2.24) is 9.80 Å². The van der Waals surface area contributed by atoms with E-state index in [0.29, 0.717) is 0 Å². The van der Waals surface area contributed by atoms with Gasteiger partial charge in [0.05, 0.1) is 6.10 Å². The zero-order chi connectivity index (χ0) is 14.2. The maximum Gasteiger partial charge on any atom is 0.0670 e. The number of nitrogens with zero attached hydrogens (tertiary/aromatic N) is 2. The summed E-state index contributed by atoms with van der Waals surface area (Å²) in [4.78, 5) is 4.86. The second-order valence-corrected chi connectivity index (χ2v) is 5.58. The minimum Gasteiger partial charge on any atom is -0.392 e. The number of piperazine rings is 1. The van der Waals surface area contributed by atoms with Crippen LogP contribution in [0.3, 0.4) is 0 Å². The first-order chi connectivity index (χ1) is 9.78. The highest BCUT2D eigenvalue weighted by atomic mass is 16.3. The molecule has 1 aliphatic heterocycles. The summed E-state index contributed by atoms with van der Waals surface area (Å²) in [5.41, 5.74) is 1.38. The zero-order valence-corrected chi connectivity index (χ0v) is 12.2. The second kappa shape index (κ2) is 8.20. The van der Waals surface area contributed by atoms with Gasteiger partial charge < -0.3 is 5.11 Å². The van der Waals surface area contributed by atoms with Gasteiger partial charge in [-0.05, 0) is 18.4 Å². The Labute approximate surface area is 122 Å². The molecule has 0 radical (unpaired) electrons. The van der Waals surface area contributed by atoms with E-state index in [1.807, 2.05) is 6.08 Å². The lowest BCUT2D eigenvalue weighted by molar-refractivity contribution is 0.0669. The van der Waals surface area contributed by atoms with E-state index in [2.05, 4.69) is 46.7 Å². The Morgan fingerprint density at radius 3 is 2.40 bits per heavy atom. The number of hydrogen-bond acceptors (Lipinski definition) is 3. The lowest BCUT2D eigenvalue weighted by atomic mass is 10.1. The van der Waals surface area contributed by atoms with E-state index in [9.17, 15) is 5.11 Å². The average Bonchev–Trinajstić information content (AvgIpc) is 2.48. The molecule has 0 aromatic heterocycles. The Kier molecular flexibility index (Phi) is 6.25. The van der Waals surface area contributed by atoms with Crippen LogP contribution in [-0.4, -0.2) is 53.7 Å². The van der Waals surface area contributed by atoms with Crippen LogP contribution < -0.4 is 0 Å². The van der Waals surface area contributed by atoms with E-state index in [4.69, 9.17) is 0 Å². The third-order valence-electron chi connectivity index (χ3n) is 3.89. The van der Waals surface area contributed by atoms with E-state index in [1.54, 1.807) is 0 Å². The van der Waals surface area contributed by atoms with Gasteiger partial charge in [0.25, 0.3) is 0 Å². The first-order valence-corrected chi connectivity index (χ1v) is 7.55. The highest BCUT2D eigenvalue weighted by Crippen LogP contribution is 2.09. The standard InChI is InChI=1S/C17H26N2O/c1-2-3-9-17(20)15-19-12-10-18(11-13-19)14-16-7-5-4-6-8-16/h2,4-8,17,20H,1,3,9-15H2. The van der Waals surface area contributed by atoms with Crippen LogP contribution in [0, 0.1) is 0 Å². The average molecular weight is 274 g/mol. The maximum absolute atomic E-state index is 9.93. The molecule has 0 saturated carbocycles. The number of hydrogen-bond donors (Lipinski definition) is 1. The number of allylic oxidation sites excluding steroid dienone is 1. The van der Waals surface area contributed by atoms with Crippen molar-refractivity contribution in [1.29, 1.82) is 0 Å². The van der Waals surface area contributed by atoms with Crippen LogP contribution in [0.25, 0.3) is 0 Å². The molecule has 0 aliphatic carbocycles. The van der Waals surface area contributed by atoms with Crippen molar-refractivity contribution >= 4 is 0 Å². The lowest BCUT2D eigenvalue weighted by Crippen LogP contribution is -2.48. The third-order valence-corrected chi connectivity index (χ3v) is 3.89. The van der Waals surface area contributed by atoms with Crippen LogP contribution in [0.15, 0.2) is 43.0 Å². The molecule has 3 nitrogen and oxygen atoms in total. The predicted molar refractivity (Wildman–Crippen MR) is 83.6 cm³/mol. The largest absolute Gasteiger partial charge is 0.392 e. The van der Waals surface area contributed by atoms with E-state index in [1.165, 1.54) is 5.56 Å². The molecule has 1 aliphatic rings. The number of aliphatic hydroxyl groups is 1. The molecule has 20 heavy (non-hydrogen) atoms. The van der Waals surface area contributed by atoms with Gasteiger partial charge in [-0.1, -0.05) is 36.4 Å². The van der Waals surface area contributed by atoms with Gasteiger partial charge in [0.1, 0.15) is 0 Å². The summed E-state index contributed by atoms with van der Waals surface area (Å²) in [6.07, 6.45) is 3.39. The number of β-amino-alcohol motifs (C(OH)–C–C–N with tert-alkyl or cyclic N) is 1. The molecule has 1 unspecified atom stereocenters. The molecule has 1 aromatic rings. The fourth-order valence-electron chi connectivity index (χ4n) is 2.67. The quantitative estimate of drug-likeness (QED) is 0.772. The SMILES string of the molecule is C=CCCC(O)CN1CCN(Cc2ccccc2)CC1. The molecule has 0 amide bonds. The molecule has 1 saturated heterocycles. The Balaban J connectivity index is 1.68. The molecule has 0 bridgehead atoms. The van der Waals surface area contributed by atoms with Gasteiger partial charge in [0, 0.05) is 39.3 Å². The van der Waals surface area contributed by atoms with Crippen LogP contribution in [0.5, 0.6) is 0 Å². The van der Waals surface area contributed by atoms with Gasteiger partial charge in [-0.15, -0.1) is 6.58 Å². The topological polar surface area (TPSA) is 26.7 Å². The molecular formula is C17H26N2O. The normalized spacial score (nSPS) is 18.9. The summed E-state index contributed by atoms with van der Waals surface area (Å²) >= 11 is 0. The summed E-state index contributed by atoms with van der Waals surface area (Å²) in [7, 11) is 0. The minimum absolute atomic E-state index is 0.214.